The summed E-state index contributed by atoms with van der Waals surface area (Å²) in [7, 11) is -3.10. The van der Waals surface area contributed by atoms with E-state index >= 15 is 0 Å². The minimum atomic E-state index is -3.10. The third kappa shape index (κ3) is 2.62. The van der Waals surface area contributed by atoms with Crippen LogP contribution in [0.2, 0.25) is 0 Å². The predicted molar refractivity (Wildman–Crippen MR) is 77.4 cm³/mol. The monoisotopic (exact) mass is 295 g/mol. The van der Waals surface area contributed by atoms with Crippen molar-refractivity contribution in [2.24, 2.45) is 0 Å². The van der Waals surface area contributed by atoms with Gasteiger partial charge in [-0.1, -0.05) is 18.2 Å². The maximum absolute atomic E-state index is 12.1. The zero-order valence-electron chi connectivity index (χ0n) is 11.7. The van der Waals surface area contributed by atoms with Gasteiger partial charge in [0.2, 0.25) is 0 Å². The van der Waals surface area contributed by atoms with Crippen LogP contribution in [-0.4, -0.2) is 32.9 Å². The molecular weight excluding hydrogens is 274 g/mol. The van der Waals surface area contributed by atoms with E-state index in [1.165, 1.54) is 0 Å². The van der Waals surface area contributed by atoms with Crippen molar-refractivity contribution >= 4 is 9.84 Å². The van der Waals surface area contributed by atoms with Crippen LogP contribution in [0.25, 0.3) is 0 Å². The van der Waals surface area contributed by atoms with Crippen LogP contribution in [0.5, 0.6) is 0 Å². The minimum Gasteiger partial charge on any atom is -0.377 e. The average Bonchev–Trinajstić information content (AvgIpc) is 2.96. The van der Waals surface area contributed by atoms with E-state index in [-0.39, 0.29) is 23.9 Å². The highest BCUT2D eigenvalue weighted by atomic mass is 32.2. The maximum atomic E-state index is 12.1. The molecule has 20 heavy (non-hydrogen) atoms. The lowest BCUT2D eigenvalue weighted by atomic mass is 10.0. The summed E-state index contributed by atoms with van der Waals surface area (Å²) in [5.74, 6) is 0.222. The van der Waals surface area contributed by atoms with Gasteiger partial charge in [0, 0.05) is 18.7 Å². The van der Waals surface area contributed by atoms with E-state index in [9.17, 15) is 8.42 Å². The van der Waals surface area contributed by atoms with Crippen molar-refractivity contribution in [1.29, 1.82) is 0 Å². The quantitative estimate of drug-likeness (QED) is 0.927. The summed E-state index contributed by atoms with van der Waals surface area (Å²) >= 11 is 0. The van der Waals surface area contributed by atoms with Crippen molar-refractivity contribution in [3.8, 4) is 0 Å². The topological polar surface area (TPSA) is 55.4 Å². The molecule has 1 saturated heterocycles. The van der Waals surface area contributed by atoms with Gasteiger partial charge in [-0.2, -0.15) is 0 Å². The van der Waals surface area contributed by atoms with E-state index in [1.54, 1.807) is 12.1 Å². The molecule has 1 aromatic rings. The molecule has 0 bridgehead atoms. The van der Waals surface area contributed by atoms with Gasteiger partial charge in [-0.05, 0) is 37.8 Å². The second-order valence-electron chi connectivity index (χ2n) is 5.70. The molecule has 0 spiro atoms. The molecule has 0 aromatic heterocycles. The highest BCUT2D eigenvalue weighted by Crippen LogP contribution is 2.32. The normalized spacial score (nSPS) is 29.9. The smallest absolute Gasteiger partial charge is 0.178 e. The van der Waals surface area contributed by atoms with Crippen LogP contribution in [0.1, 0.15) is 37.8 Å². The number of ether oxygens (including phenoxy) is 1. The fourth-order valence-electron chi connectivity index (χ4n) is 3.18. The van der Waals surface area contributed by atoms with Gasteiger partial charge in [0.15, 0.2) is 9.84 Å². The highest BCUT2D eigenvalue weighted by molar-refractivity contribution is 7.91. The van der Waals surface area contributed by atoms with Gasteiger partial charge in [0.05, 0.1) is 16.8 Å². The first-order chi connectivity index (χ1) is 9.58. The first-order valence-electron chi connectivity index (χ1n) is 7.27. The summed E-state index contributed by atoms with van der Waals surface area (Å²) in [6.45, 7) is 2.97. The van der Waals surface area contributed by atoms with Crippen molar-refractivity contribution in [2.75, 3.05) is 12.4 Å². The van der Waals surface area contributed by atoms with Crippen molar-refractivity contribution in [2.45, 2.75) is 49.3 Å². The Labute approximate surface area is 120 Å². The van der Waals surface area contributed by atoms with Crippen molar-refractivity contribution < 1.29 is 13.2 Å². The Bertz CT molecular complexity index is 579. The molecule has 0 saturated carbocycles. The molecule has 2 aliphatic rings. The van der Waals surface area contributed by atoms with Crippen LogP contribution in [0.4, 0.5) is 0 Å². The predicted octanol–water partition coefficient (Wildman–Crippen LogP) is 2.06. The van der Waals surface area contributed by atoms with Gasteiger partial charge in [0.1, 0.15) is 0 Å². The van der Waals surface area contributed by atoms with E-state index in [2.05, 4.69) is 12.2 Å². The van der Waals surface area contributed by atoms with Crippen LogP contribution in [-0.2, 0) is 14.6 Å². The Kier molecular flexibility index (Phi) is 3.84. The molecule has 3 unspecified atom stereocenters. The van der Waals surface area contributed by atoms with Gasteiger partial charge in [-0.25, -0.2) is 8.42 Å². The van der Waals surface area contributed by atoms with Gasteiger partial charge < -0.3 is 10.1 Å². The number of nitrogens with one attached hydrogen (secondary N) is 1. The Balaban J connectivity index is 1.81. The summed E-state index contributed by atoms with van der Waals surface area (Å²) in [6.07, 6.45) is 3.09. The molecule has 1 fully saturated rings. The minimum absolute atomic E-state index is 0.105. The fraction of sp³-hybridized carbons (Fsp3) is 0.600. The number of rotatable bonds is 3. The summed E-state index contributed by atoms with van der Waals surface area (Å²) in [5.41, 5.74) is 0.906. The second kappa shape index (κ2) is 5.47. The standard InChI is InChI=1S/C15H21NO3S/c1-11(14-6-4-9-19-14)16-13-8-10-20(17,18)15-7-3-2-5-12(13)15/h2-3,5,7,11,13-14,16H,4,6,8-10H2,1H3. The Hall–Kier alpha value is -0.910. The Morgan fingerprint density at radius 2 is 2.10 bits per heavy atom. The van der Waals surface area contributed by atoms with Gasteiger partial charge in [-0.3, -0.25) is 0 Å². The first-order valence-corrected chi connectivity index (χ1v) is 8.92. The molecule has 0 aliphatic carbocycles. The van der Waals surface area contributed by atoms with Crippen LogP contribution >= 0.6 is 0 Å². The third-order valence-corrected chi connectivity index (χ3v) is 6.11. The number of fused-ring (bicyclic) bond motifs is 1. The zero-order valence-corrected chi connectivity index (χ0v) is 12.5. The van der Waals surface area contributed by atoms with Crippen LogP contribution < -0.4 is 5.32 Å². The van der Waals surface area contributed by atoms with E-state index in [0.29, 0.717) is 11.3 Å². The van der Waals surface area contributed by atoms with E-state index in [4.69, 9.17) is 4.74 Å². The molecule has 0 radical (unpaired) electrons. The second-order valence-corrected chi connectivity index (χ2v) is 7.78. The number of hydrogen-bond acceptors (Lipinski definition) is 4. The summed E-state index contributed by atoms with van der Waals surface area (Å²) in [4.78, 5) is 0.489. The largest absolute Gasteiger partial charge is 0.377 e. The summed E-state index contributed by atoms with van der Waals surface area (Å²) < 4.78 is 29.9. The van der Waals surface area contributed by atoms with Gasteiger partial charge in [0.25, 0.3) is 0 Å². The van der Waals surface area contributed by atoms with E-state index in [1.807, 2.05) is 12.1 Å². The Morgan fingerprint density at radius 1 is 1.30 bits per heavy atom. The fourth-order valence-corrected chi connectivity index (χ4v) is 4.81. The molecule has 110 valence electrons. The zero-order chi connectivity index (χ0) is 14.2. The molecule has 2 aliphatic heterocycles. The SMILES string of the molecule is CC(NC1CCS(=O)(=O)c2ccccc21)C1CCCO1. The van der Waals surface area contributed by atoms with E-state index < -0.39 is 9.84 Å². The first kappa shape index (κ1) is 14.0. The molecule has 1 N–H and O–H groups in total. The lowest BCUT2D eigenvalue weighted by Gasteiger charge is -2.31. The van der Waals surface area contributed by atoms with Crippen molar-refractivity contribution in [3.63, 3.8) is 0 Å². The van der Waals surface area contributed by atoms with E-state index in [0.717, 1.165) is 25.0 Å². The van der Waals surface area contributed by atoms with Crippen molar-refractivity contribution in [3.05, 3.63) is 29.8 Å². The third-order valence-electron chi connectivity index (χ3n) is 4.29. The van der Waals surface area contributed by atoms with Crippen molar-refractivity contribution in [1.82, 2.24) is 5.32 Å². The molecule has 0 amide bonds. The van der Waals surface area contributed by atoms with Crippen LogP contribution in [0.15, 0.2) is 29.2 Å². The molecule has 3 atom stereocenters. The van der Waals surface area contributed by atoms with Crippen LogP contribution in [0.3, 0.4) is 0 Å². The van der Waals surface area contributed by atoms with Gasteiger partial charge in [-0.15, -0.1) is 0 Å². The maximum Gasteiger partial charge on any atom is 0.178 e. The molecule has 1 aromatic carbocycles. The summed E-state index contributed by atoms with van der Waals surface area (Å²) in [5, 5.41) is 3.57. The molecule has 5 heteroatoms. The summed E-state index contributed by atoms with van der Waals surface area (Å²) in [6, 6.07) is 7.69. The number of hydrogen-bond donors (Lipinski definition) is 1. The Morgan fingerprint density at radius 3 is 2.85 bits per heavy atom. The number of benzene rings is 1. The molecular formula is C15H21NO3S. The van der Waals surface area contributed by atoms with Crippen LogP contribution in [0, 0.1) is 0 Å². The molecule has 4 nitrogen and oxygen atoms in total. The highest BCUT2D eigenvalue weighted by Gasteiger charge is 2.32. The molecule has 3 rings (SSSR count). The number of sulfone groups is 1. The average molecular weight is 295 g/mol. The lowest BCUT2D eigenvalue weighted by molar-refractivity contribution is 0.0792. The van der Waals surface area contributed by atoms with Gasteiger partial charge >= 0.3 is 0 Å². The lowest BCUT2D eigenvalue weighted by Crippen LogP contribution is -2.41. The molecule has 2 heterocycles.